The molecule has 1 aliphatic heterocycles. The second-order valence-electron chi connectivity index (χ2n) is 9.25. The third kappa shape index (κ3) is 3.62. The van der Waals surface area contributed by atoms with Gasteiger partial charge in [-0.25, -0.2) is 4.98 Å². The molecule has 4 rings (SSSR count). The Morgan fingerprint density at radius 1 is 1.19 bits per heavy atom. The van der Waals surface area contributed by atoms with Crippen LogP contribution in [0.4, 0.5) is 5.69 Å². The molecule has 170 valence electrons. The smallest absolute Gasteiger partial charge is 0.454 e. The number of nitrogens with zero attached hydrogens (tertiary/aromatic N) is 2. The first kappa shape index (κ1) is 22.8. The van der Waals surface area contributed by atoms with Gasteiger partial charge in [0.1, 0.15) is 5.58 Å². The predicted molar refractivity (Wildman–Crippen MR) is 130 cm³/mol. The largest absolute Gasteiger partial charge is 0.496 e. The molecule has 0 saturated carbocycles. The molecule has 1 fully saturated rings. The number of carbonyl (C=O) groups is 1. The van der Waals surface area contributed by atoms with Gasteiger partial charge in [-0.15, -0.1) is 11.3 Å². The predicted octanol–water partition coefficient (Wildman–Crippen LogP) is 3.84. The highest BCUT2D eigenvalue weighted by Gasteiger charge is 2.52. The molecule has 0 spiro atoms. The first-order valence-electron chi connectivity index (χ1n) is 10.8. The SMILES string of the molecule is CCc1ncc(-c2oc3cc(N(C)C)c(B4OC(C)(C)C(C)(C)O4)cc3c2C(=O)NC)s1. The number of aryl methyl sites for hydroxylation is 1. The van der Waals surface area contributed by atoms with E-state index in [0.29, 0.717) is 16.9 Å². The Labute approximate surface area is 193 Å². The summed E-state index contributed by atoms with van der Waals surface area (Å²) in [7, 11) is 5.00. The van der Waals surface area contributed by atoms with Gasteiger partial charge >= 0.3 is 7.12 Å². The molecule has 1 amide bonds. The maximum atomic E-state index is 13.0. The van der Waals surface area contributed by atoms with Gasteiger partial charge < -0.3 is 23.9 Å². The number of carbonyl (C=O) groups excluding carboxylic acids is 1. The minimum atomic E-state index is -0.562. The van der Waals surface area contributed by atoms with Crippen LogP contribution >= 0.6 is 11.3 Å². The summed E-state index contributed by atoms with van der Waals surface area (Å²) in [6.45, 7) is 10.2. The lowest BCUT2D eigenvalue weighted by Gasteiger charge is -2.32. The van der Waals surface area contributed by atoms with Crippen molar-refractivity contribution in [1.82, 2.24) is 10.3 Å². The molecular formula is C23H30BN3O4S. The molecule has 0 aliphatic carbocycles. The average Bonchev–Trinajstić information content (AvgIpc) is 3.39. The number of aromatic nitrogens is 1. The van der Waals surface area contributed by atoms with Crippen molar-refractivity contribution < 1.29 is 18.5 Å². The van der Waals surface area contributed by atoms with Gasteiger partial charge in [0, 0.05) is 49.9 Å². The lowest BCUT2D eigenvalue weighted by Crippen LogP contribution is -2.41. The maximum Gasteiger partial charge on any atom is 0.496 e. The van der Waals surface area contributed by atoms with Crippen LogP contribution < -0.4 is 15.7 Å². The van der Waals surface area contributed by atoms with Gasteiger partial charge in [-0.2, -0.15) is 0 Å². The van der Waals surface area contributed by atoms with Crippen LogP contribution in [0.2, 0.25) is 0 Å². The summed E-state index contributed by atoms with van der Waals surface area (Å²) in [6, 6.07) is 3.92. The number of thiazole rings is 1. The van der Waals surface area contributed by atoms with E-state index in [-0.39, 0.29) is 5.91 Å². The van der Waals surface area contributed by atoms with E-state index in [1.807, 2.05) is 58.8 Å². The number of benzene rings is 1. The summed E-state index contributed by atoms with van der Waals surface area (Å²) < 4.78 is 18.9. The fourth-order valence-electron chi connectivity index (χ4n) is 3.80. The molecule has 1 N–H and O–H groups in total. The summed E-state index contributed by atoms with van der Waals surface area (Å²) in [5.41, 5.74) is 1.96. The second-order valence-corrected chi connectivity index (χ2v) is 10.4. The summed E-state index contributed by atoms with van der Waals surface area (Å²) in [4.78, 5) is 20.2. The molecule has 32 heavy (non-hydrogen) atoms. The number of furan rings is 1. The maximum absolute atomic E-state index is 13.0. The van der Waals surface area contributed by atoms with Crippen molar-refractivity contribution in [3.8, 4) is 10.6 Å². The lowest BCUT2D eigenvalue weighted by molar-refractivity contribution is 0.00578. The third-order valence-corrected chi connectivity index (χ3v) is 7.50. The lowest BCUT2D eigenvalue weighted by atomic mass is 9.76. The zero-order valence-electron chi connectivity index (χ0n) is 20.0. The number of nitrogens with one attached hydrogen (secondary N) is 1. The first-order valence-corrected chi connectivity index (χ1v) is 11.6. The van der Waals surface area contributed by atoms with Crippen LogP contribution in [0, 0.1) is 0 Å². The number of amides is 1. The molecule has 0 radical (unpaired) electrons. The Kier molecular flexibility index (Phi) is 5.63. The highest BCUT2D eigenvalue weighted by Crippen LogP contribution is 2.40. The minimum Gasteiger partial charge on any atom is -0.454 e. The van der Waals surface area contributed by atoms with Crippen molar-refractivity contribution in [3.63, 3.8) is 0 Å². The van der Waals surface area contributed by atoms with Crippen LogP contribution in [0.15, 0.2) is 22.7 Å². The van der Waals surface area contributed by atoms with Gasteiger partial charge in [-0.3, -0.25) is 4.79 Å². The second kappa shape index (κ2) is 7.90. The van der Waals surface area contributed by atoms with Crippen molar-refractivity contribution in [2.45, 2.75) is 52.2 Å². The van der Waals surface area contributed by atoms with Crippen molar-refractivity contribution >= 4 is 46.5 Å². The van der Waals surface area contributed by atoms with Crippen LogP contribution in [0.5, 0.6) is 0 Å². The molecule has 1 saturated heterocycles. The molecule has 0 bridgehead atoms. The molecular weight excluding hydrogens is 425 g/mol. The van der Waals surface area contributed by atoms with E-state index in [9.17, 15) is 4.79 Å². The normalized spacial score (nSPS) is 17.2. The molecule has 1 aliphatic rings. The van der Waals surface area contributed by atoms with Crippen LogP contribution in [-0.2, 0) is 15.7 Å². The topological polar surface area (TPSA) is 76.8 Å². The van der Waals surface area contributed by atoms with Gasteiger partial charge in [0.15, 0.2) is 5.76 Å². The van der Waals surface area contributed by atoms with Crippen molar-refractivity contribution in [1.29, 1.82) is 0 Å². The molecule has 2 aromatic heterocycles. The van der Waals surface area contributed by atoms with Crippen LogP contribution in [0.3, 0.4) is 0 Å². The molecule has 0 atom stereocenters. The van der Waals surface area contributed by atoms with Gasteiger partial charge in [0.2, 0.25) is 0 Å². The zero-order chi connectivity index (χ0) is 23.4. The summed E-state index contributed by atoms with van der Waals surface area (Å²) in [5.74, 6) is 0.329. The Morgan fingerprint density at radius 3 is 2.38 bits per heavy atom. The Hall–Kier alpha value is -2.36. The minimum absolute atomic E-state index is 0.206. The molecule has 9 heteroatoms. The van der Waals surface area contributed by atoms with Crippen molar-refractivity contribution in [2.75, 3.05) is 26.0 Å². The van der Waals surface area contributed by atoms with Gasteiger partial charge in [-0.05, 0) is 40.2 Å². The van der Waals surface area contributed by atoms with E-state index >= 15 is 0 Å². The summed E-state index contributed by atoms with van der Waals surface area (Å²) in [5, 5.41) is 4.47. The highest BCUT2D eigenvalue weighted by atomic mass is 32.1. The molecule has 1 aromatic carbocycles. The van der Waals surface area contributed by atoms with E-state index in [0.717, 1.165) is 32.8 Å². The number of hydrogen-bond donors (Lipinski definition) is 1. The standard InChI is InChI=1S/C23H30BN3O4S/c1-9-18-26-12-17(32-18)20-19(21(28)25-6)13-10-14(15(27(7)8)11-16(13)29-20)24-30-22(2,3)23(4,5)31-24/h10-12H,9H2,1-8H3,(H,25,28). The third-order valence-electron chi connectivity index (χ3n) is 6.36. The number of hydrogen-bond acceptors (Lipinski definition) is 7. The van der Waals surface area contributed by atoms with E-state index in [1.165, 1.54) is 11.3 Å². The molecule has 3 aromatic rings. The van der Waals surface area contributed by atoms with Crippen LogP contribution in [0.25, 0.3) is 21.6 Å². The Morgan fingerprint density at radius 2 is 1.84 bits per heavy atom. The van der Waals surface area contributed by atoms with Crippen molar-refractivity contribution in [2.24, 2.45) is 0 Å². The quantitative estimate of drug-likeness (QED) is 0.590. The van der Waals surface area contributed by atoms with Crippen molar-refractivity contribution in [3.05, 3.63) is 28.9 Å². The van der Waals surface area contributed by atoms with Crippen LogP contribution in [0.1, 0.15) is 50.0 Å². The number of fused-ring (bicyclic) bond motifs is 1. The summed E-state index contributed by atoms with van der Waals surface area (Å²) >= 11 is 1.54. The zero-order valence-corrected chi connectivity index (χ0v) is 20.8. The highest BCUT2D eigenvalue weighted by molar-refractivity contribution is 7.15. The molecule has 3 heterocycles. The first-order chi connectivity index (χ1) is 15.0. The van der Waals surface area contributed by atoms with E-state index in [1.54, 1.807) is 13.2 Å². The van der Waals surface area contributed by atoms with Gasteiger partial charge in [0.05, 0.1) is 26.7 Å². The van der Waals surface area contributed by atoms with Gasteiger partial charge in [-0.1, -0.05) is 6.92 Å². The van der Waals surface area contributed by atoms with E-state index in [2.05, 4.69) is 17.2 Å². The fourth-order valence-corrected chi connectivity index (χ4v) is 4.64. The Bertz CT molecular complexity index is 1170. The fraction of sp³-hybridized carbons (Fsp3) is 0.478. The van der Waals surface area contributed by atoms with Crippen LogP contribution in [-0.4, -0.2) is 50.4 Å². The van der Waals surface area contributed by atoms with E-state index in [4.69, 9.17) is 13.7 Å². The molecule has 0 unspecified atom stereocenters. The molecule has 7 nitrogen and oxygen atoms in total. The Balaban J connectivity index is 1.94. The number of rotatable bonds is 5. The monoisotopic (exact) mass is 455 g/mol. The number of anilines is 1. The van der Waals surface area contributed by atoms with E-state index < -0.39 is 18.3 Å². The summed E-state index contributed by atoms with van der Waals surface area (Å²) in [6.07, 6.45) is 2.60. The average molecular weight is 455 g/mol. The van der Waals surface area contributed by atoms with Gasteiger partial charge in [0.25, 0.3) is 5.91 Å².